The molecular formula is C87H150O16P2. The van der Waals surface area contributed by atoms with Gasteiger partial charge in [-0.15, -0.1) is 0 Å². The lowest BCUT2D eigenvalue weighted by Crippen LogP contribution is -2.30. The molecule has 0 saturated carbocycles. The molecule has 0 aromatic heterocycles. The van der Waals surface area contributed by atoms with E-state index >= 15 is 0 Å². The third kappa shape index (κ3) is 80.5. The van der Waals surface area contributed by atoms with Gasteiger partial charge in [-0.3, -0.25) is 32.5 Å². The van der Waals surface area contributed by atoms with Crippen LogP contribution in [0, 0.1) is 0 Å². The SMILES string of the molecule is CC/C=C\C/C=C\C/C=C\C/C=C\C/C=C\CCCCCCCCCCCCCCCCCCCC(=O)OCC(O)COP(=O)(O)OCC(O)COP(=O)(O)OCC(COC(=O)CCCCCCC/C=C\C/C=C\C/C=C\C/C=C\CCCCC)OC(=O)CCCCCCC/C=C\C/C=C\CCCCC. The van der Waals surface area contributed by atoms with Crippen LogP contribution in [0.4, 0.5) is 0 Å². The Morgan fingerprint density at radius 2 is 0.505 bits per heavy atom. The molecule has 5 unspecified atom stereocenters. The molecule has 16 nitrogen and oxygen atoms in total. The van der Waals surface area contributed by atoms with Crippen LogP contribution in [0.1, 0.15) is 342 Å². The van der Waals surface area contributed by atoms with E-state index in [1.54, 1.807) is 0 Å². The Kier molecular flexibility index (Phi) is 76.0. The summed E-state index contributed by atoms with van der Waals surface area (Å²) in [5.41, 5.74) is 0. The lowest BCUT2D eigenvalue weighted by atomic mass is 10.0. The normalized spacial score (nSPS) is 14.6. The maximum absolute atomic E-state index is 13.0. The summed E-state index contributed by atoms with van der Waals surface area (Å²) in [6.45, 7) is 2.50. The Morgan fingerprint density at radius 1 is 0.276 bits per heavy atom. The van der Waals surface area contributed by atoms with Crippen LogP contribution >= 0.6 is 15.6 Å². The van der Waals surface area contributed by atoms with Gasteiger partial charge in [-0.2, -0.15) is 0 Å². The van der Waals surface area contributed by atoms with E-state index < -0.39 is 91.5 Å². The van der Waals surface area contributed by atoms with Crippen LogP contribution in [0.25, 0.3) is 0 Å². The van der Waals surface area contributed by atoms with E-state index in [1.807, 2.05) is 0 Å². The zero-order valence-corrected chi connectivity index (χ0v) is 67.9. The molecule has 0 fully saturated rings. The van der Waals surface area contributed by atoms with Gasteiger partial charge in [0.15, 0.2) is 6.10 Å². The van der Waals surface area contributed by atoms with E-state index in [0.29, 0.717) is 19.3 Å². The van der Waals surface area contributed by atoms with Crippen molar-refractivity contribution in [2.75, 3.05) is 39.6 Å². The molecule has 0 bridgehead atoms. The largest absolute Gasteiger partial charge is 0.472 e. The number of phosphoric ester groups is 2. The number of aliphatic hydroxyl groups excluding tert-OH is 2. The molecule has 18 heteroatoms. The van der Waals surface area contributed by atoms with Crippen LogP contribution in [-0.4, -0.2) is 95.9 Å². The highest BCUT2D eigenvalue weighted by atomic mass is 31.2. The first-order valence-corrected chi connectivity index (χ1v) is 44.5. The average molecular weight is 1510 g/mol. The van der Waals surface area contributed by atoms with Gasteiger partial charge in [0.1, 0.15) is 25.4 Å². The minimum Gasteiger partial charge on any atom is -0.463 e. The second-order valence-corrected chi connectivity index (χ2v) is 30.4. The van der Waals surface area contributed by atoms with Gasteiger partial charge >= 0.3 is 33.6 Å². The maximum atomic E-state index is 13.0. The predicted molar refractivity (Wildman–Crippen MR) is 436 cm³/mol. The minimum absolute atomic E-state index is 0.0823. The van der Waals surface area contributed by atoms with Crippen molar-refractivity contribution in [3.63, 3.8) is 0 Å². The van der Waals surface area contributed by atoms with E-state index in [2.05, 4.69) is 154 Å². The summed E-state index contributed by atoms with van der Waals surface area (Å²) in [6, 6.07) is 0. The van der Waals surface area contributed by atoms with Crippen LogP contribution in [0.15, 0.2) is 134 Å². The first kappa shape index (κ1) is 101. The molecule has 0 aromatic carbocycles. The highest BCUT2D eigenvalue weighted by Crippen LogP contribution is 2.45. The van der Waals surface area contributed by atoms with Gasteiger partial charge in [-0.1, -0.05) is 315 Å². The van der Waals surface area contributed by atoms with Gasteiger partial charge in [-0.05, 0) is 141 Å². The number of rotatable bonds is 78. The quantitative estimate of drug-likeness (QED) is 0.0146. The van der Waals surface area contributed by atoms with Gasteiger partial charge in [0.05, 0.1) is 26.4 Å². The molecule has 0 aliphatic rings. The van der Waals surface area contributed by atoms with Crippen molar-refractivity contribution in [3.8, 4) is 0 Å². The molecular weight excluding hydrogens is 1360 g/mol. The summed E-state index contributed by atoms with van der Waals surface area (Å²) < 4.78 is 61.2. The molecule has 0 aliphatic heterocycles. The van der Waals surface area contributed by atoms with Crippen molar-refractivity contribution >= 4 is 33.6 Å². The fourth-order valence-electron chi connectivity index (χ4n) is 11.0. The van der Waals surface area contributed by atoms with Gasteiger partial charge in [0.25, 0.3) is 0 Å². The van der Waals surface area contributed by atoms with Crippen molar-refractivity contribution in [2.24, 2.45) is 0 Å². The molecule has 0 radical (unpaired) electrons. The van der Waals surface area contributed by atoms with Crippen molar-refractivity contribution in [1.82, 2.24) is 0 Å². The summed E-state index contributed by atoms with van der Waals surface area (Å²) >= 11 is 0. The van der Waals surface area contributed by atoms with E-state index in [9.17, 15) is 43.5 Å². The van der Waals surface area contributed by atoms with E-state index in [-0.39, 0.29) is 19.3 Å². The predicted octanol–water partition coefficient (Wildman–Crippen LogP) is 24.7. The summed E-state index contributed by atoms with van der Waals surface area (Å²) in [5.74, 6) is -1.61. The number of carbonyl (C=O) groups excluding carboxylic acids is 3. The van der Waals surface area contributed by atoms with E-state index in [0.717, 1.165) is 148 Å². The number of hydrogen-bond acceptors (Lipinski definition) is 14. The van der Waals surface area contributed by atoms with Gasteiger partial charge in [0, 0.05) is 19.3 Å². The first-order chi connectivity index (χ1) is 51.2. The highest BCUT2D eigenvalue weighted by Gasteiger charge is 2.29. The zero-order chi connectivity index (χ0) is 76.6. The number of ether oxygens (including phenoxy) is 3. The summed E-state index contributed by atoms with van der Waals surface area (Å²) in [5, 5.41) is 20.7. The number of unbranched alkanes of at least 4 members (excludes halogenated alkanes) is 33. The Balaban J connectivity index is 4.47. The van der Waals surface area contributed by atoms with Crippen molar-refractivity contribution in [2.45, 2.75) is 360 Å². The average Bonchev–Trinajstić information content (AvgIpc) is 0.940. The molecule has 4 N–H and O–H groups in total. The summed E-state index contributed by atoms with van der Waals surface area (Å²) in [7, 11) is -9.80. The lowest BCUT2D eigenvalue weighted by Gasteiger charge is -2.21. The van der Waals surface area contributed by atoms with Crippen LogP contribution in [0.3, 0.4) is 0 Å². The molecule has 5 atom stereocenters. The molecule has 105 heavy (non-hydrogen) atoms. The highest BCUT2D eigenvalue weighted by molar-refractivity contribution is 7.47. The molecule has 0 heterocycles. The second-order valence-electron chi connectivity index (χ2n) is 27.5. The third-order valence-electron chi connectivity index (χ3n) is 17.3. The van der Waals surface area contributed by atoms with Crippen molar-refractivity contribution in [3.05, 3.63) is 134 Å². The molecule has 0 rings (SSSR count). The Hall–Kier alpha value is -4.31. The first-order valence-electron chi connectivity index (χ1n) is 41.5. The lowest BCUT2D eigenvalue weighted by molar-refractivity contribution is -0.161. The number of allylic oxidation sites excluding steroid dienone is 22. The second kappa shape index (κ2) is 79.2. The molecule has 0 spiro atoms. The maximum Gasteiger partial charge on any atom is 0.472 e. The van der Waals surface area contributed by atoms with Crippen LogP contribution in [-0.2, 0) is 55.8 Å². The Labute approximate surface area is 639 Å². The standard InChI is InChI=1S/C87H150O16P2/c1-4-7-10-13-16-19-22-25-28-30-32-34-35-36-37-38-39-40-41-42-43-44-45-47-49-50-53-55-58-61-64-67-70-73-85(90)97-76-82(88)77-99-104(93,94)100-78-83(89)79-101-105(95,96)102-81-84(103-87(92)75-72-69-66-63-60-57-52-27-24-21-18-15-12-9-6-3)80-98-86(91)74-71-68-65-62-59-56-54-51-48-46-33-31-29-26-23-20-17-14-11-8-5-2/h7,10,16-21,25-29,32-34,36-37,46,51-52,54,82-84,88-89H,4-6,8-9,11-15,22-24,30-31,35,38-45,47-50,53,55-81H2,1-3H3,(H,93,94)(H,95,96)/b10-7-,19-16-,20-17-,21-18-,28-25-,29-26-,34-32-,37-36-,46-33-,52-27-,54-51-. The van der Waals surface area contributed by atoms with Crippen molar-refractivity contribution in [1.29, 1.82) is 0 Å². The van der Waals surface area contributed by atoms with Gasteiger partial charge in [-0.25, -0.2) is 9.13 Å². The number of hydrogen-bond donors (Lipinski definition) is 4. The van der Waals surface area contributed by atoms with Crippen LogP contribution in [0.2, 0.25) is 0 Å². The third-order valence-corrected chi connectivity index (χ3v) is 19.2. The van der Waals surface area contributed by atoms with Crippen LogP contribution < -0.4 is 0 Å². The molecule has 0 aromatic rings. The number of aliphatic hydroxyl groups is 2. The fraction of sp³-hybridized carbons (Fsp3) is 0.713. The van der Waals surface area contributed by atoms with Crippen molar-refractivity contribution < 1.29 is 75.8 Å². The van der Waals surface area contributed by atoms with Crippen LogP contribution in [0.5, 0.6) is 0 Å². The zero-order valence-electron chi connectivity index (χ0n) is 66.1. The smallest absolute Gasteiger partial charge is 0.463 e. The Morgan fingerprint density at radius 3 is 0.800 bits per heavy atom. The summed E-state index contributed by atoms with van der Waals surface area (Å²) in [6.07, 6.45) is 96.5. The summed E-state index contributed by atoms with van der Waals surface area (Å²) in [4.78, 5) is 58.7. The number of carbonyl (C=O) groups is 3. The van der Waals surface area contributed by atoms with Gasteiger partial charge in [0.2, 0.25) is 0 Å². The molecule has 0 aliphatic carbocycles. The topological polar surface area (TPSA) is 231 Å². The van der Waals surface area contributed by atoms with E-state index in [1.165, 1.54) is 135 Å². The number of esters is 3. The molecule has 0 saturated heterocycles. The van der Waals surface area contributed by atoms with Gasteiger partial charge < -0.3 is 34.2 Å². The number of phosphoric acid groups is 2. The molecule has 0 amide bonds. The fourth-order valence-corrected chi connectivity index (χ4v) is 12.6. The molecule has 604 valence electrons. The van der Waals surface area contributed by atoms with E-state index in [4.69, 9.17) is 32.3 Å². The Bertz CT molecular complexity index is 2440. The minimum atomic E-state index is -4.94. The monoisotopic (exact) mass is 1510 g/mol.